The predicted octanol–water partition coefficient (Wildman–Crippen LogP) is -2.08. The molecule has 0 aromatic carbocycles. The zero-order valence-corrected chi connectivity index (χ0v) is 4.30. The highest BCUT2D eigenvalue weighted by Crippen LogP contribution is 1.21. The molecule has 7 heavy (non-hydrogen) atoms. The van der Waals surface area contributed by atoms with Crippen LogP contribution in [0.15, 0.2) is 0 Å². The molecule has 0 aliphatic rings. The van der Waals surface area contributed by atoms with Crippen LogP contribution in [0.1, 0.15) is 0 Å². The molecule has 0 amide bonds. The maximum Gasteiger partial charge on any atom is 0 e. The van der Waals surface area contributed by atoms with E-state index < -0.39 is 6.16 Å². The first-order chi connectivity index (χ1) is 1.73. The molecule has 0 aromatic rings. The summed E-state index contributed by atoms with van der Waals surface area (Å²) in [4.78, 5) is 8.33. The van der Waals surface area contributed by atoms with E-state index in [1.54, 1.807) is 0 Å². The minimum absolute atomic E-state index is 0. The van der Waals surface area contributed by atoms with Gasteiger partial charge in [-0.05, 0) is 6.16 Å². The average molecular weight is 107 g/mol. The van der Waals surface area contributed by atoms with Crippen LogP contribution in [-0.2, 0) is 0 Å². The Labute approximate surface area is 43.1 Å². The fourth-order valence-electron chi connectivity index (χ4n) is 0. The molecule has 0 heterocycles. The van der Waals surface area contributed by atoms with Crippen molar-refractivity contribution in [3.63, 3.8) is 0 Å². The Hall–Kier alpha value is -0.745. The van der Waals surface area contributed by atoms with Crippen molar-refractivity contribution < 1.29 is 15.0 Å². The van der Waals surface area contributed by atoms with Crippen molar-refractivity contribution >= 4 is 14.6 Å². The molecule has 0 aliphatic heterocycles. The summed E-state index contributed by atoms with van der Waals surface area (Å²) in [6.45, 7) is 0. The monoisotopic (exact) mass is 107 g/mol. The SMILES string of the molecule is O=C([O-])[O-].[B].[NH4+].[NH4+]. The number of hydrogen-bond donors (Lipinski definition) is 2. The van der Waals surface area contributed by atoms with Gasteiger partial charge in [0, 0.05) is 8.41 Å². The fraction of sp³-hybridized carbons (Fsp3) is 0. The highest BCUT2D eigenvalue weighted by atomic mass is 16.6. The normalized spacial score (nSPS) is 3.43. The topological polar surface area (TPSA) is 136 Å². The zero-order valence-electron chi connectivity index (χ0n) is 4.30. The molecule has 0 bridgehead atoms. The Morgan fingerprint density at radius 1 is 1.14 bits per heavy atom. The van der Waals surface area contributed by atoms with Gasteiger partial charge >= 0.3 is 0 Å². The van der Waals surface area contributed by atoms with E-state index in [1.807, 2.05) is 0 Å². The third kappa shape index (κ3) is 100. The first-order valence-electron chi connectivity index (χ1n) is 0.612. The molecule has 0 spiro atoms. The maximum absolute atomic E-state index is 8.33. The quantitative estimate of drug-likeness (QED) is 0.343. The molecule has 0 unspecified atom stereocenters. The summed E-state index contributed by atoms with van der Waals surface area (Å²) >= 11 is 0. The van der Waals surface area contributed by atoms with Gasteiger partial charge in [0.05, 0.1) is 0 Å². The van der Waals surface area contributed by atoms with Crippen molar-refractivity contribution in [1.29, 1.82) is 0 Å². The Morgan fingerprint density at radius 2 is 1.14 bits per heavy atom. The molecule has 0 saturated heterocycles. The Balaban J connectivity index is -0.0000000150. The van der Waals surface area contributed by atoms with E-state index in [4.69, 9.17) is 15.0 Å². The standard InChI is InChI=1S/CH2O3.B.2H3N/c2-1(3)4;;;/h(H2,2,3,4);;2*1H3. The minimum Gasteiger partial charge on any atom is -0.652 e. The van der Waals surface area contributed by atoms with Crippen LogP contribution >= 0.6 is 0 Å². The summed E-state index contributed by atoms with van der Waals surface area (Å²) < 4.78 is 0. The number of hydrogen-bond acceptors (Lipinski definition) is 3. The molecule has 0 aliphatic carbocycles. The van der Waals surface area contributed by atoms with Crippen LogP contribution in [0.5, 0.6) is 0 Å². The van der Waals surface area contributed by atoms with Gasteiger partial charge in [-0.2, -0.15) is 0 Å². The zero-order chi connectivity index (χ0) is 3.58. The largest absolute Gasteiger partial charge is 0.652 e. The molecule has 6 heteroatoms. The molecule has 0 atom stereocenters. The van der Waals surface area contributed by atoms with E-state index in [0.29, 0.717) is 0 Å². The van der Waals surface area contributed by atoms with Gasteiger partial charge < -0.3 is 27.3 Å². The van der Waals surface area contributed by atoms with Gasteiger partial charge in [0.25, 0.3) is 0 Å². The lowest BCUT2D eigenvalue weighted by Crippen LogP contribution is -2.37. The Bertz CT molecular complexity index is 35.9. The number of carboxylic acid groups (broad SMARTS) is 2. The minimum atomic E-state index is -2.33. The first kappa shape index (κ1) is 34.0. The van der Waals surface area contributed by atoms with Crippen molar-refractivity contribution in [3.8, 4) is 0 Å². The molecule has 43 valence electrons. The van der Waals surface area contributed by atoms with Gasteiger partial charge in [-0.15, -0.1) is 0 Å². The fourth-order valence-corrected chi connectivity index (χ4v) is 0. The summed E-state index contributed by atoms with van der Waals surface area (Å²) in [6.07, 6.45) is -2.33. The summed E-state index contributed by atoms with van der Waals surface area (Å²) in [7, 11) is 0. The highest BCUT2D eigenvalue weighted by Gasteiger charge is 1.26. The molecule has 0 saturated carbocycles. The predicted molar refractivity (Wildman–Crippen MR) is 23.1 cm³/mol. The second-order valence-electron chi connectivity index (χ2n) is 0.250. The lowest BCUT2D eigenvalue weighted by Gasteiger charge is -1.96. The average Bonchev–Trinajstić information content (AvgIpc) is 0.811. The number of rotatable bonds is 0. The van der Waals surface area contributed by atoms with Crippen molar-refractivity contribution in [1.82, 2.24) is 12.3 Å². The lowest BCUT2D eigenvalue weighted by molar-refractivity contribution is -0.415. The van der Waals surface area contributed by atoms with Crippen LogP contribution < -0.4 is 22.5 Å². The second-order valence-corrected chi connectivity index (χ2v) is 0.250. The molecular formula is CH8BN2O3. The van der Waals surface area contributed by atoms with Gasteiger partial charge in [-0.1, -0.05) is 0 Å². The van der Waals surface area contributed by atoms with E-state index in [9.17, 15) is 0 Å². The highest BCUT2D eigenvalue weighted by molar-refractivity contribution is 5.75. The van der Waals surface area contributed by atoms with Crippen LogP contribution in [-0.4, -0.2) is 14.6 Å². The van der Waals surface area contributed by atoms with E-state index in [0.717, 1.165) is 0 Å². The third-order valence-corrected chi connectivity index (χ3v) is 0. The van der Waals surface area contributed by atoms with E-state index in [1.165, 1.54) is 0 Å². The molecule has 5 nitrogen and oxygen atoms in total. The van der Waals surface area contributed by atoms with Crippen LogP contribution in [0, 0.1) is 0 Å². The number of carbonyl (C=O) groups excluding carboxylic acids is 1. The van der Waals surface area contributed by atoms with Gasteiger partial charge in [0.1, 0.15) is 0 Å². The third-order valence-electron chi connectivity index (χ3n) is 0. The molecule has 0 fully saturated rings. The van der Waals surface area contributed by atoms with Gasteiger partial charge in [-0.25, -0.2) is 0 Å². The lowest BCUT2D eigenvalue weighted by atomic mass is 10.8. The van der Waals surface area contributed by atoms with Crippen molar-refractivity contribution in [2.75, 3.05) is 0 Å². The molecule has 0 aromatic heterocycles. The summed E-state index contributed by atoms with van der Waals surface area (Å²) in [5.74, 6) is 0. The Kier molecular flexibility index (Phi) is 90.8. The van der Waals surface area contributed by atoms with E-state index >= 15 is 0 Å². The van der Waals surface area contributed by atoms with Crippen molar-refractivity contribution in [2.24, 2.45) is 0 Å². The van der Waals surface area contributed by atoms with Crippen LogP contribution in [0.2, 0.25) is 0 Å². The number of carbonyl (C=O) groups is 1. The molecule has 0 rings (SSSR count). The van der Waals surface area contributed by atoms with Crippen LogP contribution in [0.25, 0.3) is 0 Å². The summed E-state index contributed by atoms with van der Waals surface area (Å²) in [5.41, 5.74) is 0. The molecule has 8 N–H and O–H groups in total. The van der Waals surface area contributed by atoms with Crippen molar-refractivity contribution in [3.05, 3.63) is 0 Å². The molecular weight excluding hydrogens is 98.8 g/mol. The van der Waals surface area contributed by atoms with Crippen LogP contribution in [0.3, 0.4) is 0 Å². The molecule has 3 radical (unpaired) electrons. The van der Waals surface area contributed by atoms with Gasteiger partial charge in [-0.3, -0.25) is 0 Å². The van der Waals surface area contributed by atoms with E-state index in [2.05, 4.69) is 0 Å². The van der Waals surface area contributed by atoms with Gasteiger partial charge in [0.2, 0.25) is 0 Å². The maximum atomic E-state index is 8.33. The smallest absolute Gasteiger partial charge is 0 e. The summed E-state index contributed by atoms with van der Waals surface area (Å²) in [5, 5.41) is 16.7. The Morgan fingerprint density at radius 3 is 1.14 bits per heavy atom. The van der Waals surface area contributed by atoms with Gasteiger partial charge in [0.15, 0.2) is 0 Å². The first-order valence-corrected chi connectivity index (χ1v) is 0.612. The second kappa shape index (κ2) is 18.7. The van der Waals surface area contributed by atoms with Crippen LogP contribution in [0.4, 0.5) is 4.79 Å². The van der Waals surface area contributed by atoms with Crippen molar-refractivity contribution in [2.45, 2.75) is 0 Å². The number of quaternary nitrogens is 2. The van der Waals surface area contributed by atoms with E-state index in [-0.39, 0.29) is 20.7 Å². The summed E-state index contributed by atoms with van der Waals surface area (Å²) in [6, 6.07) is 0.